The van der Waals surface area contributed by atoms with Gasteiger partial charge in [-0.2, -0.15) is 0 Å². The summed E-state index contributed by atoms with van der Waals surface area (Å²) in [5, 5.41) is 5.61. The lowest BCUT2D eigenvalue weighted by Gasteiger charge is -2.08. The third-order valence-corrected chi connectivity index (χ3v) is 4.81. The van der Waals surface area contributed by atoms with Crippen molar-refractivity contribution >= 4 is 21.6 Å². The molecule has 2 rings (SSSR count). The van der Waals surface area contributed by atoms with Crippen LogP contribution >= 0.6 is 0 Å². The van der Waals surface area contributed by atoms with Gasteiger partial charge in [0.25, 0.3) is 0 Å². The van der Waals surface area contributed by atoms with Crippen LogP contribution in [0.15, 0.2) is 27.6 Å². The number of carbonyl (C=O) groups is 1. The number of para-hydroxylation sites is 1. The zero-order valence-electron chi connectivity index (χ0n) is 12.9. The second kappa shape index (κ2) is 7.05. The van der Waals surface area contributed by atoms with Crippen molar-refractivity contribution in [3.8, 4) is 0 Å². The molecule has 24 heavy (non-hydrogen) atoms. The van der Waals surface area contributed by atoms with Crippen LogP contribution in [-0.2, 0) is 14.8 Å². The molecule has 10 heteroatoms. The van der Waals surface area contributed by atoms with Crippen molar-refractivity contribution in [1.29, 1.82) is 0 Å². The molecule has 0 fully saturated rings. The molecule has 7 nitrogen and oxygen atoms in total. The average Bonchev–Trinajstić information content (AvgIpc) is 2.82. The first kappa shape index (κ1) is 18.0. The van der Waals surface area contributed by atoms with Crippen LogP contribution in [0.1, 0.15) is 17.9 Å². The Morgan fingerprint density at radius 2 is 1.88 bits per heavy atom. The summed E-state index contributed by atoms with van der Waals surface area (Å²) in [6.07, 6.45) is -0.309. The predicted molar refractivity (Wildman–Crippen MR) is 80.8 cm³/mol. The Morgan fingerprint density at radius 3 is 2.42 bits per heavy atom. The molecule has 0 aliphatic heterocycles. The second-order valence-electron chi connectivity index (χ2n) is 4.95. The highest BCUT2D eigenvalue weighted by Crippen LogP contribution is 2.19. The van der Waals surface area contributed by atoms with Crippen LogP contribution in [0.5, 0.6) is 0 Å². The summed E-state index contributed by atoms with van der Waals surface area (Å²) in [6.45, 7) is 2.66. The largest absolute Gasteiger partial charge is 0.360 e. The van der Waals surface area contributed by atoms with Crippen LogP contribution in [0.2, 0.25) is 0 Å². The predicted octanol–water partition coefficient (Wildman–Crippen LogP) is 1.88. The molecule has 0 aliphatic carbocycles. The van der Waals surface area contributed by atoms with Crippen LogP contribution < -0.4 is 10.0 Å². The molecule has 0 atom stereocenters. The summed E-state index contributed by atoms with van der Waals surface area (Å²) in [5.41, 5.74) is -0.381. The van der Waals surface area contributed by atoms with E-state index in [4.69, 9.17) is 4.52 Å². The molecule has 1 aromatic heterocycles. The first-order valence-corrected chi connectivity index (χ1v) is 8.37. The maximum Gasteiger partial charge on any atom is 0.245 e. The van der Waals surface area contributed by atoms with Crippen molar-refractivity contribution in [1.82, 2.24) is 9.88 Å². The van der Waals surface area contributed by atoms with E-state index in [0.29, 0.717) is 0 Å². The number of hydrogen-bond donors (Lipinski definition) is 2. The van der Waals surface area contributed by atoms with Crippen LogP contribution in [0.3, 0.4) is 0 Å². The maximum atomic E-state index is 13.4. The fourth-order valence-corrected chi connectivity index (χ4v) is 3.41. The monoisotopic (exact) mass is 359 g/mol. The standard InChI is InChI=1S/C14H15F2N3O4S/c1-8-14(9(2)23-19-8)24(21,22)17-7-6-12(20)18-13-10(15)4-3-5-11(13)16/h3-5,17H,6-7H2,1-2H3,(H,18,20). The number of nitrogens with one attached hydrogen (secondary N) is 2. The number of halogens is 2. The first-order chi connectivity index (χ1) is 11.2. The number of sulfonamides is 1. The SMILES string of the molecule is Cc1noc(C)c1S(=O)(=O)NCCC(=O)Nc1c(F)cccc1F. The molecule has 1 amide bonds. The van der Waals surface area contributed by atoms with Crippen molar-refractivity contribution in [2.45, 2.75) is 25.2 Å². The molecule has 1 heterocycles. The summed E-state index contributed by atoms with van der Waals surface area (Å²) in [4.78, 5) is 11.6. The summed E-state index contributed by atoms with van der Waals surface area (Å²) in [6, 6.07) is 3.16. The lowest BCUT2D eigenvalue weighted by atomic mass is 10.2. The van der Waals surface area contributed by atoms with Gasteiger partial charge in [-0.3, -0.25) is 4.79 Å². The van der Waals surface area contributed by atoms with Crippen molar-refractivity contribution < 1.29 is 26.5 Å². The summed E-state index contributed by atoms with van der Waals surface area (Å²) >= 11 is 0. The number of aryl methyl sites for hydroxylation is 2. The molecular weight excluding hydrogens is 344 g/mol. The Morgan fingerprint density at radius 1 is 1.25 bits per heavy atom. The van der Waals surface area contributed by atoms with Crippen molar-refractivity contribution in [2.24, 2.45) is 0 Å². The molecule has 2 aromatic rings. The summed E-state index contributed by atoms with van der Waals surface area (Å²) in [5.74, 6) is -2.45. The fourth-order valence-electron chi connectivity index (χ4n) is 2.05. The van der Waals surface area contributed by atoms with E-state index in [0.717, 1.165) is 18.2 Å². The van der Waals surface area contributed by atoms with Gasteiger partial charge in [-0.05, 0) is 26.0 Å². The van der Waals surface area contributed by atoms with Crippen LogP contribution in [0, 0.1) is 25.5 Å². The molecule has 0 saturated heterocycles. The normalized spacial score (nSPS) is 11.5. The Balaban J connectivity index is 1.96. The number of anilines is 1. The Kier molecular flexibility index (Phi) is 5.30. The van der Waals surface area contributed by atoms with Gasteiger partial charge in [0.15, 0.2) is 5.76 Å². The summed E-state index contributed by atoms with van der Waals surface area (Å²) < 4.78 is 58.1. The molecule has 130 valence electrons. The average molecular weight is 359 g/mol. The van der Waals surface area contributed by atoms with E-state index >= 15 is 0 Å². The van der Waals surface area contributed by atoms with Crippen molar-refractivity contribution in [3.05, 3.63) is 41.3 Å². The smallest absolute Gasteiger partial charge is 0.245 e. The third kappa shape index (κ3) is 3.95. The van der Waals surface area contributed by atoms with E-state index in [1.54, 1.807) is 0 Å². The fraction of sp³-hybridized carbons (Fsp3) is 0.286. The molecule has 2 N–H and O–H groups in total. The summed E-state index contributed by atoms with van der Waals surface area (Å²) in [7, 11) is -3.90. The molecule has 0 aliphatic rings. The minimum atomic E-state index is -3.90. The van der Waals surface area contributed by atoms with E-state index in [2.05, 4.69) is 15.2 Å². The van der Waals surface area contributed by atoms with Gasteiger partial charge in [0.05, 0.1) is 0 Å². The van der Waals surface area contributed by atoms with Gasteiger partial charge in [-0.15, -0.1) is 0 Å². The highest BCUT2D eigenvalue weighted by molar-refractivity contribution is 7.89. The van der Waals surface area contributed by atoms with Gasteiger partial charge >= 0.3 is 0 Å². The number of rotatable bonds is 6. The Hall–Kier alpha value is -2.33. The van der Waals surface area contributed by atoms with Crippen LogP contribution in [0.4, 0.5) is 14.5 Å². The molecule has 0 radical (unpaired) electrons. The third-order valence-electron chi connectivity index (χ3n) is 3.11. The van der Waals surface area contributed by atoms with Crippen molar-refractivity contribution in [2.75, 3.05) is 11.9 Å². The minimum absolute atomic E-state index is 0.0944. The van der Waals surface area contributed by atoms with Gasteiger partial charge in [0.1, 0.15) is 27.9 Å². The maximum absolute atomic E-state index is 13.4. The number of hydrogen-bond acceptors (Lipinski definition) is 5. The van der Waals surface area contributed by atoms with Gasteiger partial charge in [0.2, 0.25) is 15.9 Å². The van der Waals surface area contributed by atoms with Crippen LogP contribution in [0.25, 0.3) is 0 Å². The van der Waals surface area contributed by atoms with Crippen molar-refractivity contribution in [3.63, 3.8) is 0 Å². The minimum Gasteiger partial charge on any atom is -0.360 e. The van der Waals surface area contributed by atoms with E-state index in [1.165, 1.54) is 13.8 Å². The molecule has 1 aromatic carbocycles. The number of carbonyl (C=O) groups excluding carboxylic acids is 1. The lowest BCUT2D eigenvalue weighted by Crippen LogP contribution is -2.28. The van der Waals surface area contributed by atoms with E-state index in [1.807, 2.05) is 0 Å². The zero-order valence-corrected chi connectivity index (χ0v) is 13.7. The topological polar surface area (TPSA) is 101 Å². The van der Waals surface area contributed by atoms with Gasteiger partial charge in [-0.25, -0.2) is 21.9 Å². The van der Waals surface area contributed by atoms with Gasteiger partial charge < -0.3 is 9.84 Å². The Bertz CT molecular complexity index is 825. The van der Waals surface area contributed by atoms with E-state index in [-0.39, 0.29) is 29.3 Å². The second-order valence-corrected chi connectivity index (χ2v) is 6.65. The molecule has 0 unspecified atom stereocenters. The quantitative estimate of drug-likeness (QED) is 0.820. The first-order valence-electron chi connectivity index (χ1n) is 6.89. The van der Waals surface area contributed by atoms with Gasteiger partial charge in [0, 0.05) is 13.0 Å². The number of nitrogens with zero attached hydrogens (tertiary/aromatic N) is 1. The molecule has 0 spiro atoms. The Labute approximate surface area is 137 Å². The zero-order chi connectivity index (χ0) is 17.9. The van der Waals surface area contributed by atoms with Crippen LogP contribution in [-0.4, -0.2) is 26.0 Å². The molecule has 0 saturated carbocycles. The van der Waals surface area contributed by atoms with E-state index < -0.39 is 33.3 Å². The van der Waals surface area contributed by atoms with Gasteiger partial charge in [-0.1, -0.05) is 11.2 Å². The number of aromatic nitrogens is 1. The molecular formula is C14H15F2N3O4S. The molecule has 0 bridgehead atoms. The highest BCUT2D eigenvalue weighted by Gasteiger charge is 2.24. The number of amides is 1. The lowest BCUT2D eigenvalue weighted by molar-refractivity contribution is -0.116. The number of benzene rings is 1. The highest BCUT2D eigenvalue weighted by atomic mass is 32.2. The van der Waals surface area contributed by atoms with E-state index in [9.17, 15) is 22.0 Å².